The Kier molecular flexibility index (Phi) is 6.72. The van der Waals surface area contributed by atoms with Crippen molar-refractivity contribution in [3.8, 4) is 11.5 Å². The Hall–Kier alpha value is -2.08. The normalized spacial score (nSPS) is 10.9. The van der Waals surface area contributed by atoms with Crippen molar-refractivity contribution in [3.63, 3.8) is 0 Å². The summed E-state index contributed by atoms with van der Waals surface area (Å²) in [5, 5.41) is 2.51. The number of allylic oxidation sites excluding steroid dienone is 1. The second kappa shape index (κ2) is 9.22. The van der Waals surface area contributed by atoms with Crippen molar-refractivity contribution < 1.29 is 14.3 Å². The summed E-state index contributed by atoms with van der Waals surface area (Å²) in [6, 6.07) is 14.8. The summed E-state index contributed by atoms with van der Waals surface area (Å²) in [5.41, 5.74) is 1.77. The van der Waals surface area contributed by atoms with Crippen LogP contribution < -0.4 is 9.47 Å². The van der Waals surface area contributed by atoms with Crippen molar-refractivity contribution >= 4 is 50.7 Å². The number of ketones is 1. The summed E-state index contributed by atoms with van der Waals surface area (Å²) in [6.45, 7) is 0.330. The second-order valence-corrected chi connectivity index (χ2v) is 7.91. The second-order valence-electron chi connectivity index (χ2n) is 5.64. The smallest absolute Gasteiger partial charge is 0.195 e. The lowest BCUT2D eigenvalue weighted by Crippen LogP contribution is -1.99. The molecule has 0 unspecified atom stereocenters. The zero-order chi connectivity index (χ0) is 19.2. The van der Waals surface area contributed by atoms with Gasteiger partial charge in [-0.15, -0.1) is 11.3 Å². The summed E-state index contributed by atoms with van der Waals surface area (Å²) in [7, 11) is 1.62. The minimum absolute atomic E-state index is 0.0294. The number of carbonyl (C=O) groups is 1. The van der Waals surface area contributed by atoms with Crippen molar-refractivity contribution in [2.75, 3.05) is 7.11 Å². The third-order valence-corrected chi connectivity index (χ3v) is 5.67. The molecule has 2 aromatic carbocycles. The van der Waals surface area contributed by atoms with Crippen molar-refractivity contribution in [2.45, 2.75) is 6.61 Å². The van der Waals surface area contributed by atoms with Crippen LogP contribution in [0.25, 0.3) is 6.08 Å². The molecule has 0 aliphatic rings. The van der Waals surface area contributed by atoms with Gasteiger partial charge in [-0.1, -0.05) is 29.8 Å². The lowest BCUT2D eigenvalue weighted by atomic mass is 10.1. The highest BCUT2D eigenvalue weighted by Gasteiger charge is 2.07. The maximum absolute atomic E-state index is 12.2. The van der Waals surface area contributed by atoms with Gasteiger partial charge in [0.15, 0.2) is 5.78 Å². The molecule has 0 bridgehead atoms. The summed E-state index contributed by atoms with van der Waals surface area (Å²) in [5.74, 6) is 1.38. The molecule has 0 aliphatic heterocycles. The first kappa shape index (κ1) is 19.7. The lowest BCUT2D eigenvalue weighted by molar-refractivity contribution is 0.105. The van der Waals surface area contributed by atoms with E-state index in [0.717, 1.165) is 21.3 Å². The number of hydrogen-bond acceptors (Lipinski definition) is 4. The molecule has 0 saturated carbocycles. The van der Waals surface area contributed by atoms with Gasteiger partial charge in [0.25, 0.3) is 0 Å². The minimum atomic E-state index is -0.0294. The zero-order valence-electron chi connectivity index (χ0n) is 14.4. The van der Waals surface area contributed by atoms with Crippen LogP contribution in [0.3, 0.4) is 0 Å². The van der Waals surface area contributed by atoms with Crippen LogP contribution in [0.4, 0.5) is 0 Å². The van der Waals surface area contributed by atoms with Gasteiger partial charge in [0.1, 0.15) is 18.1 Å². The van der Waals surface area contributed by atoms with Crippen LogP contribution in [-0.2, 0) is 6.61 Å². The molecule has 3 nitrogen and oxygen atoms in total. The quantitative estimate of drug-likeness (QED) is 0.291. The predicted octanol–water partition coefficient (Wildman–Crippen LogP) is 6.65. The lowest BCUT2D eigenvalue weighted by Gasteiger charge is -2.11. The van der Waals surface area contributed by atoms with Gasteiger partial charge in [0.2, 0.25) is 0 Å². The standard InChI is InChI=1S/C21H16BrClO3S/c1-25-20-8-6-14(5-7-19(24)21-10-16(22)13-27-21)9-15(20)12-26-18-4-2-3-17(23)11-18/h2-11,13H,12H2,1H3/b7-5+. The molecule has 0 N–H and O–H groups in total. The molecule has 0 atom stereocenters. The molecule has 0 spiro atoms. The van der Waals surface area contributed by atoms with Gasteiger partial charge >= 0.3 is 0 Å². The molecule has 27 heavy (non-hydrogen) atoms. The fourth-order valence-electron chi connectivity index (χ4n) is 2.43. The van der Waals surface area contributed by atoms with Gasteiger partial charge in [-0.25, -0.2) is 0 Å². The van der Waals surface area contributed by atoms with Gasteiger partial charge in [-0.2, -0.15) is 0 Å². The molecule has 0 fully saturated rings. The van der Waals surface area contributed by atoms with Gasteiger partial charge in [0.05, 0.1) is 12.0 Å². The van der Waals surface area contributed by atoms with E-state index in [1.165, 1.54) is 11.3 Å². The van der Waals surface area contributed by atoms with E-state index in [1.54, 1.807) is 31.4 Å². The third kappa shape index (κ3) is 5.45. The van der Waals surface area contributed by atoms with Crippen LogP contribution >= 0.6 is 38.9 Å². The van der Waals surface area contributed by atoms with Crippen LogP contribution in [0, 0.1) is 0 Å². The maximum atomic E-state index is 12.2. The molecule has 3 aromatic rings. The number of thiophene rings is 1. The number of carbonyl (C=O) groups excluding carboxylic acids is 1. The van der Waals surface area contributed by atoms with Gasteiger partial charge in [0, 0.05) is 20.4 Å². The van der Waals surface area contributed by atoms with E-state index >= 15 is 0 Å². The number of ether oxygens (including phenoxy) is 2. The van der Waals surface area contributed by atoms with Gasteiger partial charge < -0.3 is 9.47 Å². The summed E-state index contributed by atoms with van der Waals surface area (Å²) in [4.78, 5) is 12.9. The summed E-state index contributed by atoms with van der Waals surface area (Å²) < 4.78 is 12.1. The maximum Gasteiger partial charge on any atom is 0.195 e. The van der Waals surface area contributed by atoms with E-state index < -0.39 is 0 Å². The summed E-state index contributed by atoms with van der Waals surface area (Å²) >= 11 is 10.8. The molecule has 6 heteroatoms. The van der Waals surface area contributed by atoms with Crippen molar-refractivity contribution in [1.29, 1.82) is 0 Å². The van der Waals surface area contributed by atoms with Crippen molar-refractivity contribution in [3.05, 3.63) is 85.5 Å². The Labute approximate surface area is 175 Å². The van der Waals surface area contributed by atoms with Crippen LogP contribution in [-0.4, -0.2) is 12.9 Å². The highest BCUT2D eigenvalue weighted by molar-refractivity contribution is 9.10. The monoisotopic (exact) mass is 462 g/mol. The van der Waals surface area contributed by atoms with Gasteiger partial charge in [-0.3, -0.25) is 4.79 Å². The number of methoxy groups -OCH3 is 1. The molecular formula is C21H16BrClO3S. The van der Waals surface area contributed by atoms with Gasteiger partial charge in [-0.05, 0) is 64.0 Å². The van der Waals surface area contributed by atoms with Crippen LogP contribution in [0.5, 0.6) is 11.5 Å². The molecule has 138 valence electrons. The zero-order valence-corrected chi connectivity index (χ0v) is 17.6. The largest absolute Gasteiger partial charge is 0.496 e. The Morgan fingerprint density at radius 2 is 2.07 bits per heavy atom. The molecule has 1 aromatic heterocycles. The molecule has 0 radical (unpaired) electrons. The number of rotatable bonds is 7. The van der Waals surface area contributed by atoms with E-state index in [0.29, 0.717) is 22.3 Å². The number of hydrogen-bond donors (Lipinski definition) is 0. The fourth-order valence-corrected chi connectivity index (χ4v) is 3.96. The van der Waals surface area contributed by atoms with E-state index in [-0.39, 0.29) is 5.78 Å². The average Bonchev–Trinajstić information content (AvgIpc) is 3.11. The first-order valence-corrected chi connectivity index (χ1v) is 10.1. The Balaban J connectivity index is 1.74. The van der Waals surface area contributed by atoms with E-state index in [4.69, 9.17) is 21.1 Å². The Bertz CT molecular complexity index is 981. The van der Waals surface area contributed by atoms with Crippen molar-refractivity contribution in [2.24, 2.45) is 0 Å². The van der Waals surface area contributed by atoms with Crippen LogP contribution in [0.1, 0.15) is 20.8 Å². The SMILES string of the molecule is COc1ccc(/C=C/C(=O)c2cc(Br)cs2)cc1COc1cccc(Cl)c1. The minimum Gasteiger partial charge on any atom is -0.496 e. The van der Waals surface area contributed by atoms with E-state index in [9.17, 15) is 4.79 Å². The highest BCUT2D eigenvalue weighted by Crippen LogP contribution is 2.25. The summed E-state index contributed by atoms with van der Waals surface area (Å²) in [6.07, 6.45) is 3.36. The highest BCUT2D eigenvalue weighted by atomic mass is 79.9. The fraction of sp³-hybridized carbons (Fsp3) is 0.0952. The molecule has 3 rings (SSSR count). The molecule has 0 saturated heterocycles. The van der Waals surface area contributed by atoms with E-state index in [1.807, 2.05) is 41.8 Å². The molecule has 1 heterocycles. The Morgan fingerprint density at radius 1 is 1.22 bits per heavy atom. The first-order chi connectivity index (χ1) is 13.0. The Morgan fingerprint density at radius 3 is 2.78 bits per heavy atom. The predicted molar refractivity (Wildman–Crippen MR) is 114 cm³/mol. The first-order valence-electron chi connectivity index (χ1n) is 8.07. The molecular weight excluding hydrogens is 448 g/mol. The van der Waals surface area contributed by atoms with Crippen LogP contribution in [0.15, 0.2) is 64.5 Å². The van der Waals surface area contributed by atoms with E-state index in [2.05, 4.69) is 15.9 Å². The average molecular weight is 464 g/mol. The number of halogens is 2. The molecule has 0 amide bonds. The number of benzene rings is 2. The molecule has 0 aliphatic carbocycles. The van der Waals surface area contributed by atoms with Crippen molar-refractivity contribution in [1.82, 2.24) is 0 Å². The topological polar surface area (TPSA) is 35.5 Å². The van der Waals surface area contributed by atoms with Crippen LogP contribution in [0.2, 0.25) is 5.02 Å². The third-order valence-electron chi connectivity index (χ3n) is 3.73.